The number of nitrogens with one attached hydrogen (secondary N) is 1. The maximum Gasteiger partial charge on any atom is 0.323 e. The molecule has 2 fully saturated rings. The van der Waals surface area contributed by atoms with Gasteiger partial charge in [0.25, 0.3) is 5.91 Å². The second kappa shape index (κ2) is 6.79. The van der Waals surface area contributed by atoms with Crippen molar-refractivity contribution >= 4 is 17.8 Å². The Kier molecular flexibility index (Phi) is 4.73. The Hall–Kier alpha value is -2.11. The number of aromatic nitrogens is 1. The number of fused-ring (bicyclic) bond motifs is 1. The van der Waals surface area contributed by atoms with Gasteiger partial charge in [-0.25, -0.2) is 9.78 Å². The van der Waals surface area contributed by atoms with Crippen LogP contribution in [0.15, 0.2) is 18.3 Å². The molecule has 0 unspecified atom stereocenters. The van der Waals surface area contributed by atoms with Crippen LogP contribution in [0.3, 0.4) is 0 Å². The number of hydrogen-bond acceptors (Lipinski definition) is 3. The summed E-state index contributed by atoms with van der Waals surface area (Å²) in [5, 5.41) is 2.89. The van der Waals surface area contributed by atoms with Crippen LogP contribution in [-0.2, 0) is 0 Å². The van der Waals surface area contributed by atoms with Gasteiger partial charge in [-0.3, -0.25) is 10.1 Å². The maximum absolute atomic E-state index is 12.8. The first kappa shape index (κ1) is 16.7. The van der Waals surface area contributed by atoms with Crippen LogP contribution in [-0.4, -0.2) is 52.9 Å². The van der Waals surface area contributed by atoms with Crippen molar-refractivity contribution in [1.29, 1.82) is 0 Å². The molecule has 1 aliphatic carbocycles. The number of carbonyl (C=O) groups excluding carboxylic acids is 2. The first-order valence-electron chi connectivity index (χ1n) is 8.74. The molecule has 24 heavy (non-hydrogen) atoms. The fourth-order valence-corrected chi connectivity index (χ4v) is 4.12. The van der Waals surface area contributed by atoms with Crippen molar-refractivity contribution in [3.63, 3.8) is 0 Å². The quantitative estimate of drug-likeness (QED) is 0.906. The van der Waals surface area contributed by atoms with E-state index >= 15 is 0 Å². The SMILES string of the molecule is C[C@@H]1C[C@@H]2CCCC[C@H]2N1C(=O)Nc1cc(C(=O)N(C)C)ccn1. The molecule has 2 heterocycles. The third-order valence-corrected chi connectivity index (χ3v) is 5.23. The molecular formula is C18H26N4O2. The third kappa shape index (κ3) is 3.23. The molecule has 1 N–H and O–H groups in total. The molecule has 1 aromatic rings. The average molecular weight is 330 g/mol. The van der Waals surface area contributed by atoms with Crippen molar-refractivity contribution in [3.8, 4) is 0 Å². The van der Waals surface area contributed by atoms with Crippen LogP contribution < -0.4 is 5.32 Å². The molecule has 3 amide bonds. The fraction of sp³-hybridized carbons (Fsp3) is 0.611. The molecule has 0 bridgehead atoms. The standard InChI is InChI=1S/C18H26N4O2/c1-12-10-13-6-4-5-7-15(13)22(12)18(24)20-16-11-14(8-9-19-16)17(23)21(2)3/h8-9,11-13,15H,4-7,10H2,1-3H3,(H,19,20,24)/t12-,13+,15-/m1/s1. The first-order chi connectivity index (χ1) is 11.5. The highest BCUT2D eigenvalue weighted by atomic mass is 16.2. The van der Waals surface area contributed by atoms with Crippen LogP contribution in [0.2, 0.25) is 0 Å². The van der Waals surface area contributed by atoms with E-state index in [4.69, 9.17) is 0 Å². The lowest BCUT2D eigenvalue weighted by Gasteiger charge is -2.33. The minimum absolute atomic E-state index is 0.0983. The molecule has 0 spiro atoms. The lowest BCUT2D eigenvalue weighted by atomic mass is 9.85. The van der Waals surface area contributed by atoms with Crippen molar-refractivity contribution < 1.29 is 9.59 Å². The summed E-state index contributed by atoms with van der Waals surface area (Å²) in [5.41, 5.74) is 0.523. The minimum Gasteiger partial charge on any atom is -0.345 e. The van der Waals surface area contributed by atoms with Crippen molar-refractivity contribution in [2.75, 3.05) is 19.4 Å². The Labute approximate surface area is 143 Å². The van der Waals surface area contributed by atoms with Gasteiger partial charge in [0.2, 0.25) is 0 Å². The van der Waals surface area contributed by atoms with Gasteiger partial charge in [0.1, 0.15) is 5.82 Å². The maximum atomic E-state index is 12.8. The van der Waals surface area contributed by atoms with Crippen LogP contribution in [0.4, 0.5) is 10.6 Å². The lowest BCUT2D eigenvalue weighted by molar-refractivity contribution is 0.0827. The number of pyridine rings is 1. The Morgan fingerprint density at radius 2 is 2.04 bits per heavy atom. The average Bonchev–Trinajstić information content (AvgIpc) is 2.90. The van der Waals surface area contributed by atoms with Gasteiger partial charge >= 0.3 is 6.03 Å². The Balaban J connectivity index is 1.73. The predicted molar refractivity (Wildman–Crippen MR) is 92.9 cm³/mol. The van der Waals surface area contributed by atoms with Crippen LogP contribution >= 0.6 is 0 Å². The highest BCUT2D eigenvalue weighted by Gasteiger charge is 2.42. The largest absolute Gasteiger partial charge is 0.345 e. The van der Waals surface area contributed by atoms with E-state index in [-0.39, 0.29) is 18.0 Å². The summed E-state index contributed by atoms with van der Waals surface area (Å²) < 4.78 is 0. The molecule has 1 saturated heterocycles. The Morgan fingerprint density at radius 1 is 1.29 bits per heavy atom. The second-order valence-corrected chi connectivity index (χ2v) is 7.16. The van der Waals surface area contributed by atoms with Gasteiger partial charge < -0.3 is 9.80 Å². The van der Waals surface area contributed by atoms with Gasteiger partial charge in [-0.05, 0) is 44.2 Å². The monoisotopic (exact) mass is 330 g/mol. The normalized spacial score (nSPS) is 26.0. The molecule has 1 aromatic heterocycles. The van der Waals surface area contributed by atoms with Crippen LogP contribution in [0.25, 0.3) is 0 Å². The molecule has 6 nitrogen and oxygen atoms in total. The van der Waals surface area contributed by atoms with Gasteiger partial charge in [0.05, 0.1) is 0 Å². The summed E-state index contributed by atoms with van der Waals surface area (Å²) in [7, 11) is 3.41. The molecule has 130 valence electrons. The number of anilines is 1. The molecule has 1 aliphatic heterocycles. The van der Waals surface area contributed by atoms with E-state index in [2.05, 4.69) is 17.2 Å². The van der Waals surface area contributed by atoms with E-state index in [1.54, 1.807) is 32.4 Å². The van der Waals surface area contributed by atoms with Crippen LogP contribution in [0, 0.1) is 5.92 Å². The summed E-state index contributed by atoms with van der Waals surface area (Å²) in [4.78, 5) is 32.5. The zero-order valence-electron chi connectivity index (χ0n) is 14.7. The Bertz CT molecular complexity index is 631. The highest BCUT2D eigenvalue weighted by molar-refractivity contribution is 5.96. The zero-order chi connectivity index (χ0) is 17.3. The van der Waals surface area contributed by atoms with Crippen molar-refractivity contribution in [3.05, 3.63) is 23.9 Å². The van der Waals surface area contributed by atoms with Crippen molar-refractivity contribution in [2.45, 2.75) is 51.1 Å². The van der Waals surface area contributed by atoms with Gasteiger partial charge in [-0.15, -0.1) is 0 Å². The lowest BCUT2D eigenvalue weighted by Crippen LogP contribution is -2.44. The van der Waals surface area contributed by atoms with E-state index in [9.17, 15) is 9.59 Å². The number of nitrogens with zero attached hydrogens (tertiary/aromatic N) is 3. The van der Waals surface area contributed by atoms with Crippen LogP contribution in [0.5, 0.6) is 0 Å². The molecule has 2 aliphatic rings. The topological polar surface area (TPSA) is 65.5 Å². The molecule has 6 heteroatoms. The van der Waals surface area contributed by atoms with Gasteiger partial charge in [-0.2, -0.15) is 0 Å². The van der Waals surface area contributed by atoms with Crippen molar-refractivity contribution in [2.24, 2.45) is 5.92 Å². The van der Waals surface area contributed by atoms with Gasteiger partial charge in [-0.1, -0.05) is 12.8 Å². The molecular weight excluding hydrogens is 304 g/mol. The van der Waals surface area contributed by atoms with E-state index in [0.29, 0.717) is 23.3 Å². The summed E-state index contributed by atoms with van der Waals surface area (Å²) in [6, 6.07) is 3.80. The zero-order valence-corrected chi connectivity index (χ0v) is 14.7. The number of likely N-dealkylation sites (tertiary alicyclic amines) is 1. The number of hydrogen-bond donors (Lipinski definition) is 1. The first-order valence-corrected chi connectivity index (χ1v) is 8.74. The second-order valence-electron chi connectivity index (χ2n) is 7.16. The summed E-state index contributed by atoms with van der Waals surface area (Å²) >= 11 is 0. The number of carbonyl (C=O) groups is 2. The molecule has 3 rings (SSSR count). The summed E-state index contributed by atoms with van der Waals surface area (Å²) in [5.74, 6) is 0.961. The molecule has 0 aromatic carbocycles. The van der Waals surface area contributed by atoms with Crippen molar-refractivity contribution in [1.82, 2.24) is 14.8 Å². The van der Waals surface area contributed by atoms with E-state index in [0.717, 1.165) is 12.8 Å². The fourth-order valence-electron chi connectivity index (χ4n) is 4.12. The highest BCUT2D eigenvalue weighted by Crippen LogP contribution is 2.39. The Morgan fingerprint density at radius 3 is 2.79 bits per heavy atom. The predicted octanol–water partition coefficient (Wildman–Crippen LogP) is 2.97. The summed E-state index contributed by atoms with van der Waals surface area (Å²) in [6.07, 6.45) is 7.44. The van der Waals surface area contributed by atoms with Gasteiger partial charge in [0.15, 0.2) is 0 Å². The van der Waals surface area contributed by atoms with E-state index < -0.39 is 0 Å². The molecule has 1 saturated carbocycles. The minimum atomic E-state index is -0.102. The van der Waals surface area contributed by atoms with Crippen LogP contribution in [0.1, 0.15) is 49.4 Å². The smallest absolute Gasteiger partial charge is 0.323 e. The molecule has 0 radical (unpaired) electrons. The molecule has 3 atom stereocenters. The number of rotatable bonds is 2. The summed E-state index contributed by atoms with van der Waals surface area (Å²) in [6.45, 7) is 2.12. The van der Waals surface area contributed by atoms with Gasteiger partial charge in [0, 0.05) is 37.9 Å². The van der Waals surface area contributed by atoms with E-state index in [1.807, 2.05) is 4.90 Å². The third-order valence-electron chi connectivity index (χ3n) is 5.23. The number of amides is 3. The number of urea groups is 1. The van der Waals surface area contributed by atoms with E-state index in [1.165, 1.54) is 24.2 Å².